The summed E-state index contributed by atoms with van der Waals surface area (Å²) in [6, 6.07) is 13.1. The summed E-state index contributed by atoms with van der Waals surface area (Å²) < 4.78 is 5.78. The number of tetrazole rings is 1. The number of halogens is 1. The Morgan fingerprint density at radius 3 is 2.83 bits per heavy atom. The Bertz CT molecular complexity index is 1530. The molecule has 0 radical (unpaired) electrons. The highest BCUT2D eigenvalue weighted by atomic mass is 35.5. The van der Waals surface area contributed by atoms with Crippen molar-refractivity contribution >= 4 is 35.2 Å². The molecule has 0 aliphatic carbocycles. The van der Waals surface area contributed by atoms with Gasteiger partial charge in [0.1, 0.15) is 12.2 Å². The molecule has 4 aromatic rings. The Morgan fingerprint density at radius 2 is 2.07 bits per heavy atom. The monoisotopic (exact) mass is 588 g/mol. The van der Waals surface area contributed by atoms with Gasteiger partial charge in [0.05, 0.1) is 30.7 Å². The van der Waals surface area contributed by atoms with Crippen molar-refractivity contribution in [2.24, 2.45) is 0 Å². The second kappa shape index (κ2) is 15.3. The van der Waals surface area contributed by atoms with Crippen molar-refractivity contribution in [3.8, 4) is 16.9 Å². The number of imidazole rings is 1. The Morgan fingerprint density at radius 1 is 1.21 bits per heavy atom. The van der Waals surface area contributed by atoms with Gasteiger partial charge in [-0.3, -0.25) is 9.59 Å². The smallest absolute Gasteiger partial charge is 0.305 e. The first-order valence-corrected chi connectivity index (χ1v) is 14.0. The number of anilines is 1. The molecule has 0 spiro atoms. The van der Waals surface area contributed by atoms with Gasteiger partial charge in [0.15, 0.2) is 0 Å². The zero-order valence-electron chi connectivity index (χ0n) is 23.5. The predicted molar refractivity (Wildman–Crippen MR) is 162 cm³/mol. The molecular formula is C30H33ClN8O3. The first-order chi connectivity index (χ1) is 20.5. The fourth-order valence-corrected chi connectivity index (χ4v) is 4.40. The minimum atomic E-state index is -0.314. The zero-order valence-corrected chi connectivity index (χ0v) is 24.2. The predicted octanol–water partition coefficient (Wildman–Crippen LogP) is 5.30. The number of nitrogens with one attached hydrogen (secondary N) is 3. The zero-order chi connectivity index (χ0) is 29.7. The standard InChI is InChI=1S/C26H25ClN8O.C4H8O2/c27-19-11-12-24(35-17-30-33-34-35)18(15-19)10-13-25(36)31-22-9-3-1-2-6-14-28-21-8-5-4-7-20(21)23-16-29-26(22)32-23;1-3-4(5)6-2/h1,3-5,7-8,10-13,15-17,22,28H,2,6,9,14H2,(H,29,32)(H,31,36);3H2,1-2H3/b3-1+,13-10+;/t22-;/m0./s1. The molecule has 1 aliphatic heterocycles. The van der Waals surface area contributed by atoms with E-state index in [-0.39, 0.29) is 17.9 Å². The van der Waals surface area contributed by atoms with Crippen LogP contribution in [0.5, 0.6) is 0 Å². The minimum Gasteiger partial charge on any atom is -0.469 e. The number of methoxy groups -OCH3 is 1. The highest BCUT2D eigenvalue weighted by molar-refractivity contribution is 6.30. The van der Waals surface area contributed by atoms with Crippen molar-refractivity contribution in [1.29, 1.82) is 0 Å². The number of aromatic amines is 1. The Kier molecular flexibility index (Phi) is 11.0. The van der Waals surface area contributed by atoms with Crippen molar-refractivity contribution in [3.63, 3.8) is 0 Å². The third-order valence-corrected chi connectivity index (χ3v) is 6.61. The molecule has 1 amide bonds. The molecule has 0 unspecified atom stereocenters. The number of allylic oxidation sites excluding steroid dienone is 1. The lowest BCUT2D eigenvalue weighted by Gasteiger charge is -2.14. The van der Waals surface area contributed by atoms with Gasteiger partial charge in [-0.25, -0.2) is 4.98 Å². The van der Waals surface area contributed by atoms with Gasteiger partial charge in [-0.15, -0.1) is 5.10 Å². The number of amides is 1. The van der Waals surface area contributed by atoms with Crippen LogP contribution in [0.3, 0.4) is 0 Å². The van der Waals surface area contributed by atoms with Gasteiger partial charge < -0.3 is 20.4 Å². The first kappa shape index (κ1) is 30.2. The normalized spacial score (nSPS) is 15.5. The van der Waals surface area contributed by atoms with E-state index in [0.717, 1.165) is 36.3 Å². The number of carbonyl (C=O) groups is 2. The van der Waals surface area contributed by atoms with Gasteiger partial charge in [0.25, 0.3) is 0 Å². The summed E-state index contributed by atoms with van der Waals surface area (Å²) in [5.74, 6) is 0.290. The number of aromatic nitrogens is 6. The van der Waals surface area contributed by atoms with Crippen molar-refractivity contribution in [2.45, 2.75) is 38.6 Å². The van der Waals surface area contributed by atoms with Crippen LogP contribution in [0, 0.1) is 0 Å². The van der Waals surface area contributed by atoms with E-state index in [1.807, 2.05) is 18.3 Å². The van der Waals surface area contributed by atoms with E-state index < -0.39 is 0 Å². The van der Waals surface area contributed by atoms with Gasteiger partial charge >= 0.3 is 5.97 Å². The summed E-state index contributed by atoms with van der Waals surface area (Å²) in [7, 11) is 1.38. The maximum Gasteiger partial charge on any atom is 0.305 e. The lowest BCUT2D eigenvalue weighted by atomic mass is 10.1. The Balaban J connectivity index is 0.000000612. The molecule has 2 bridgehead atoms. The van der Waals surface area contributed by atoms with Crippen LogP contribution in [-0.4, -0.2) is 55.7 Å². The summed E-state index contributed by atoms with van der Waals surface area (Å²) in [6.45, 7) is 2.63. The van der Waals surface area contributed by atoms with Gasteiger partial charge in [0.2, 0.25) is 5.91 Å². The lowest BCUT2D eigenvalue weighted by molar-refractivity contribution is -0.140. The van der Waals surface area contributed by atoms with Crippen LogP contribution in [0.15, 0.2) is 73.2 Å². The number of para-hydroxylation sites is 1. The van der Waals surface area contributed by atoms with Crippen LogP contribution in [-0.2, 0) is 14.3 Å². The van der Waals surface area contributed by atoms with Gasteiger partial charge in [0, 0.05) is 40.9 Å². The van der Waals surface area contributed by atoms with E-state index in [9.17, 15) is 9.59 Å². The van der Waals surface area contributed by atoms with Crippen LogP contribution in [0.2, 0.25) is 5.02 Å². The molecule has 1 aliphatic rings. The number of carbonyl (C=O) groups excluding carboxylic acids is 2. The van der Waals surface area contributed by atoms with Crippen LogP contribution in [0.25, 0.3) is 23.0 Å². The molecule has 12 heteroatoms. The molecule has 0 saturated carbocycles. The van der Waals surface area contributed by atoms with Crippen molar-refractivity contribution in [1.82, 2.24) is 35.5 Å². The molecule has 0 saturated heterocycles. The summed E-state index contributed by atoms with van der Waals surface area (Å²) in [5.41, 5.74) is 4.42. The molecule has 5 rings (SSSR count). The second-order valence-electron chi connectivity index (χ2n) is 9.29. The molecule has 42 heavy (non-hydrogen) atoms. The number of H-pyrrole nitrogens is 1. The summed E-state index contributed by atoms with van der Waals surface area (Å²) in [6.07, 6.45) is 13.8. The Hall–Kier alpha value is -4.77. The summed E-state index contributed by atoms with van der Waals surface area (Å²) in [4.78, 5) is 30.9. The number of hydrogen-bond acceptors (Lipinski definition) is 8. The minimum absolute atomic E-state index is 0.157. The van der Waals surface area contributed by atoms with Crippen molar-refractivity contribution < 1.29 is 14.3 Å². The fraction of sp³-hybridized carbons (Fsp3) is 0.267. The quantitative estimate of drug-likeness (QED) is 0.162. The summed E-state index contributed by atoms with van der Waals surface area (Å²) >= 11 is 6.19. The maximum absolute atomic E-state index is 13.0. The van der Waals surface area contributed by atoms with E-state index in [1.54, 1.807) is 31.2 Å². The van der Waals surface area contributed by atoms with Gasteiger partial charge in [-0.1, -0.05) is 48.9 Å². The average molecular weight is 589 g/mol. The average Bonchev–Trinajstić information content (AvgIpc) is 3.72. The number of nitrogens with zero attached hydrogens (tertiary/aromatic N) is 5. The highest BCUT2D eigenvalue weighted by Crippen LogP contribution is 2.28. The molecule has 3 heterocycles. The third kappa shape index (κ3) is 8.37. The van der Waals surface area contributed by atoms with Crippen LogP contribution >= 0.6 is 11.6 Å². The second-order valence-corrected chi connectivity index (χ2v) is 9.72. The molecule has 1 atom stereocenters. The number of ether oxygens (including phenoxy) is 1. The largest absolute Gasteiger partial charge is 0.469 e. The van der Waals surface area contributed by atoms with Gasteiger partial charge in [-0.05, 0) is 60.0 Å². The lowest BCUT2D eigenvalue weighted by Crippen LogP contribution is -2.27. The number of esters is 1. The van der Waals surface area contributed by atoms with Crippen LogP contribution < -0.4 is 10.6 Å². The highest BCUT2D eigenvalue weighted by Gasteiger charge is 2.18. The van der Waals surface area contributed by atoms with E-state index in [1.165, 1.54) is 24.2 Å². The van der Waals surface area contributed by atoms with Crippen molar-refractivity contribution in [2.75, 3.05) is 19.0 Å². The molecule has 2 aromatic heterocycles. The molecule has 0 fully saturated rings. The topological polar surface area (TPSA) is 140 Å². The van der Waals surface area contributed by atoms with Crippen LogP contribution in [0.1, 0.15) is 50.0 Å². The molecule has 2 aromatic carbocycles. The SMILES string of the molecule is CCC(=O)OC.O=C(/C=C/c1cc(Cl)ccc1-n1cnnn1)N[C@H]1C/C=C/CCCNc2ccccc2-c2cnc1[nH]2. The fourth-order valence-electron chi connectivity index (χ4n) is 4.22. The molecular weight excluding hydrogens is 556 g/mol. The van der Waals surface area contributed by atoms with Crippen molar-refractivity contribution in [3.05, 3.63) is 89.6 Å². The Labute approximate surface area is 249 Å². The number of fused-ring (bicyclic) bond motifs is 4. The maximum atomic E-state index is 13.0. The van der Waals surface area contributed by atoms with E-state index in [2.05, 4.69) is 65.1 Å². The summed E-state index contributed by atoms with van der Waals surface area (Å²) in [5, 5.41) is 18.4. The molecule has 218 valence electrons. The van der Waals surface area contributed by atoms with Gasteiger partial charge in [-0.2, -0.15) is 4.68 Å². The first-order valence-electron chi connectivity index (χ1n) is 13.6. The third-order valence-electron chi connectivity index (χ3n) is 6.38. The van der Waals surface area contributed by atoms with E-state index in [0.29, 0.717) is 34.9 Å². The van der Waals surface area contributed by atoms with E-state index >= 15 is 0 Å². The molecule has 11 nitrogen and oxygen atoms in total. The van der Waals surface area contributed by atoms with Crippen LogP contribution in [0.4, 0.5) is 5.69 Å². The number of rotatable bonds is 5. The van der Waals surface area contributed by atoms with E-state index in [4.69, 9.17) is 11.6 Å². The number of hydrogen-bond donors (Lipinski definition) is 3. The number of benzene rings is 2. The molecule has 3 N–H and O–H groups in total.